The van der Waals surface area contributed by atoms with Gasteiger partial charge in [-0.15, -0.1) is 0 Å². The maximum Gasteiger partial charge on any atom is 0.197 e. The second kappa shape index (κ2) is 17.8. The van der Waals surface area contributed by atoms with E-state index in [1.54, 1.807) is 0 Å². The molecule has 0 saturated heterocycles. The third kappa shape index (κ3) is 7.78. The summed E-state index contributed by atoms with van der Waals surface area (Å²) in [4.78, 5) is 4.84. The number of benzene rings is 11. The molecular weight excluding hydrogens is 822 g/mol. The van der Waals surface area contributed by atoms with Crippen molar-refractivity contribution in [3.05, 3.63) is 267 Å². The molecular formula is C64H45BN3. The van der Waals surface area contributed by atoms with Crippen molar-refractivity contribution in [2.45, 2.75) is 0 Å². The predicted molar refractivity (Wildman–Crippen MR) is 290 cm³/mol. The van der Waals surface area contributed by atoms with Gasteiger partial charge in [0.15, 0.2) is 7.28 Å². The van der Waals surface area contributed by atoms with Crippen LogP contribution >= 0.6 is 0 Å². The normalized spacial score (nSPS) is 11.6. The Bertz CT molecular complexity index is 3490. The molecule has 1 aliphatic rings. The van der Waals surface area contributed by atoms with Crippen LogP contribution in [0.15, 0.2) is 267 Å². The minimum absolute atomic E-state index is 1.02. The molecule has 319 valence electrons. The van der Waals surface area contributed by atoms with Gasteiger partial charge in [-0.25, -0.2) is 0 Å². The van der Waals surface area contributed by atoms with Gasteiger partial charge in [-0.2, -0.15) is 0 Å². The van der Waals surface area contributed by atoms with Crippen molar-refractivity contribution in [1.82, 2.24) is 0 Å². The summed E-state index contributed by atoms with van der Waals surface area (Å²) in [6.07, 6.45) is 0. The van der Waals surface area contributed by atoms with Gasteiger partial charge in [-0.05, 0) is 123 Å². The molecule has 0 atom stereocenters. The van der Waals surface area contributed by atoms with E-state index >= 15 is 0 Å². The van der Waals surface area contributed by atoms with E-state index in [9.17, 15) is 0 Å². The molecule has 0 saturated carbocycles. The summed E-state index contributed by atoms with van der Waals surface area (Å²) < 4.78 is 0. The lowest BCUT2D eigenvalue weighted by molar-refractivity contribution is 1.26. The van der Waals surface area contributed by atoms with E-state index in [1.165, 1.54) is 38.6 Å². The number of para-hydroxylation sites is 2. The molecule has 68 heavy (non-hydrogen) atoms. The van der Waals surface area contributed by atoms with E-state index in [1.807, 2.05) is 0 Å². The molecule has 1 N–H and O–H groups in total. The first-order chi connectivity index (χ1) is 33.7. The first kappa shape index (κ1) is 40.6. The zero-order valence-corrected chi connectivity index (χ0v) is 37.4. The van der Waals surface area contributed by atoms with Crippen LogP contribution in [0.3, 0.4) is 0 Å². The molecule has 0 bridgehead atoms. The molecule has 4 heteroatoms. The second-order valence-corrected chi connectivity index (χ2v) is 17.2. The van der Waals surface area contributed by atoms with Crippen LogP contribution in [0.1, 0.15) is 0 Å². The Balaban J connectivity index is 1.06. The van der Waals surface area contributed by atoms with Crippen LogP contribution < -0.4 is 26.0 Å². The molecule has 1 radical (unpaired) electrons. The van der Waals surface area contributed by atoms with Gasteiger partial charge < -0.3 is 15.1 Å². The molecule has 0 amide bonds. The highest BCUT2D eigenvalue weighted by Crippen LogP contribution is 2.46. The molecule has 0 spiro atoms. The fourth-order valence-electron chi connectivity index (χ4n) is 9.74. The lowest BCUT2D eigenvalue weighted by atomic mass is 9.57. The standard InChI is InChI=1S/C64H45BN3/c1-6-18-45(19-7-1)48-30-35-52(36-31-48)66-61-43-50(47-22-10-3-11-23-47)34-40-58(61)59-42-51-24-16-17-29-57(51)64-63(59)65-60-41-39-56(67(53-25-12-4-13-26-53)54-27-14-5-15-28-54)44-62(60)68(64)55-37-32-49(33-38-55)46-20-8-2-9-21-46/h1-44,66H. The average Bonchev–Trinajstić information content (AvgIpc) is 3.42. The van der Waals surface area contributed by atoms with E-state index in [4.69, 9.17) is 0 Å². The van der Waals surface area contributed by atoms with Crippen molar-refractivity contribution in [2.24, 2.45) is 0 Å². The lowest BCUT2D eigenvalue weighted by Gasteiger charge is -2.37. The highest BCUT2D eigenvalue weighted by molar-refractivity contribution is 6.74. The molecule has 1 heterocycles. The van der Waals surface area contributed by atoms with Gasteiger partial charge in [0.25, 0.3) is 0 Å². The highest BCUT2D eigenvalue weighted by Gasteiger charge is 2.31. The maximum atomic E-state index is 3.92. The van der Waals surface area contributed by atoms with Crippen LogP contribution in [0.2, 0.25) is 0 Å². The Hall–Kier alpha value is -8.86. The molecule has 0 aromatic heterocycles. The zero-order valence-electron chi connectivity index (χ0n) is 37.4. The second-order valence-electron chi connectivity index (χ2n) is 17.2. The van der Waals surface area contributed by atoms with Gasteiger partial charge >= 0.3 is 0 Å². The van der Waals surface area contributed by atoms with Crippen LogP contribution in [0.25, 0.3) is 55.3 Å². The first-order valence-electron chi connectivity index (χ1n) is 23.2. The fourth-order valence-corrected chi connectivity index (χ4v) is 9.74. The van der Waals surface area contributed by atoms with Crippen molar-refractivity contribution >= 4 is 74.5 Å². The van der Waals surface area contributed by atoms with E-state index in [0.717, 1.165) is 73.1 Å². The van der Waals surface area contributed by atoms with Crippen LogP contribution in [-0.2, 0) is 0 Å². The van der Waals surface area contributed by atoms with Gasteiger partial charge in [-0.3, -0.25) is 0 Å². The minimum atomic E-state index is 1.02. The molecule has 0 aliphatic carbocycles. The average molecular weight is 867 g/mol. The van der Waals surface area contributed by atoms with Crippen molar-refractivity contribution in [2.75, 3.05) is 15.1 Å². The lowest BCUT2D eigenvalue weighted by Crippen LogP contribution is -2.41. The highest BCUT2D eigenvalue weighted by atomic mass is 15.2. The molecule has 0 fully saturated rings. The molecule has 11 aromatic rings. The molecule has 11 aromatic carbocycles. The Morgan fingerprint density at radius 3 is 1.47 bits per heavy atom. The maximum absolute atomic E-state index is 3.92. The van der Waals surface area contributed by atoms with E-state index in [2.05, 4.69) is 289 Å². The van der Waals surface area contributed by atoms with Gasteiger partial charge in [0.05, 0.1) is 0 Å². The summed E-state index contributed by atoms with van der Waals surface area (Å²) >= 11 is 0. The van der Waals surface area contributed by atoms with Crippen LogP contribution in [0, 0.1) is 0 Å². The third-order valence-electron chi connectivity index (χ3n) is 13.0. The number of rotatable bonds is 10. The van der Waals surface area contributed by atoms with Gasteiger partial charge in [0.1, 0.15) is 0 Å². The first-order valence-corrected chi connectivity index (χ1v) is 23.2. The van der Waals surface area contributed by atoms with E-state index in [-0.39, 0.29) is 0 Å². The van der Waals surface area contributed by atoms with Crippen molar-refractivity contribution < 1.29 is 0 Å². The molecule has 3 nitrogen and oxygen atoms in total. The Kier molecular flexibility index (Phi) is 10.7. The summed E-state index contributed by atoms with van der Waals surface area (Å²) in [5.74, 6) is 0. The van der Waals surface area contributed by atoms with Gasteiger partial charge in [-0.1, -0.05) is 200 Å². The molecule has 0 unspecified atom stereocenters. The summed E-state index contributed by atoms with van der Waals surface area (Å²) in [7, 11) is 2.41. The SMILES string of the molecule is [B]1c2ccc(N(c3ccccc3)c3ccccc3)cc2N(c2ccc(-c3ccccc3)cc2)c2c1c(-c1ccc(-c3ccccc3)cc1Nc1ccc(-c3ccccc3)cc1)cc1ccccc21. The van der Waals surface area contributed by atoms with Crippen LogP contribution in [0.5, 0.6) is 0 Å². The predicted octanol–water partition coefficient (Wildman–Crippen LogP) is 16.2. The van der Waals surface area contributed by atoms with E-state index in [0.29, 0.717) is 0 Å². The number of anilines is 8. The largest absolute Gasteiger partial charge is 0.355 e. The monoisotopic (exact) mass is 866 g/mol. The topological polar surface area (TPSA) is 18.5 Å². The number of fused-ring (bicyclic) bond motifs is 4. The number of nitrogens with zero attached hydrogens (tertiary/aromatic N) is 2. The van der Waals surface area contributed by atoms with Gasteiger partial charge in [0.2, 0.25) is 0 Å². The Labute approximate surface area is 399 Å². The van der Waals surface area contributed by atoms with E-state index < -0.39 is 0 Å². The summed E-state index contributed by atoms with van der Waals surface area (Å²) in [5, 5.41) is 6.26. The van der Waals surface area contributed by atoms with Crippen molar-refractivity contribution in [1.29, 1.82) is 0 Å². The van der Waals surface area contributed by atoms with Crippen molar-refractivity contribution in [3.63, 3.8) is 0 Å². The number of hydrogen-bond acceptors (Lipinski definition) is 3. The summed E-state index contributed by atoms with van der Waals surface area (Å²) in [5.41, 5.74) is 20.3. The smallest absolute Gasteiger partial charge is 0.197 e. The van der Waals surface area contributed by atoms with Crippen molar-refractivity contribution in [3.8, 4) is 44.5 Å². The number of nitrogens with one attached hydrogen (secondary N) is 1. The third-order valence-corrected chi connectivity index (χ3v) is 13.0. The Morgan fingerprint density at radius 1 is 0.368 bits per heavy atom. The van der Waals surface area contributed by atoms with Gasteiger partial charge in [0, 0.05) is 56.4 Å². The summed E-state index contributed by atoms with van der Waals surface area (Å²) in [6, 6.07) is 96.0. The molecule has 1 aliphatic heterocycles. The minimum Gasteiger partial charge on any atom is -0.355 e. The Morgan fingerprint density at radius 2 is 0.868 bits per heavy atom. The molecule has 12 rings (SSSR count). The van der Waals surface area contributed by atoms with Crippen LogP contribution in [-0.4, -0.2) is 7.28 Å². The fraction of sp³-hybridized carbons (Fsp3) is 0. The quantitative estimate of drug-likeness (QED) is 0.138. The summed E-state index contributed by atoms with van der Waals surface area (Å²) in [6.45, 7) is 0. The number of hydrogen-bond donors (Lipinski definition) is 1. The van der Waals surface area contributed by atoms with Crippen LogP contribution in [0.4, 0.5) is 45.5 Å². The zero-order chi connectivity index (χ0) is 45.2.